The molecule has 0 unspecified atom stereocenters. The van der Waals surface area contributed by atoms with Gasteiger partial charge in [0.15, 0.2) is 0 Å². The number of alkyl halides is 1. The molecule has 4 atom stereocenters. The summed E-state index contributed by atoms with van der Waals surface area (Å²) in [6.45, 7) is 11.0. The maximum absolute atomic E-state index is 14.7. The van der Waals surface area contributed by atoms with Crippen molar-refractivity contribution in [3.63, 3.8) is 0 Å². The molecule has 0 saturated carbocycles. The number of pyridine rings is 1. The molecule has 3 aliphatic heterocycles. The number of halogens is 1. The van der Waals surface area contributed by atoms with Crippen molar-refractivity contribution in [2.75, 3.05) is 67.0 Å². The van der Waals surface area contributed by atoms with Crippen LogP contribution in [0.15, 0.2) is 43.2 Å². The van der Waals surface area contributed by atoms with E-state index in [1.54, 1.807) is 12.3 Å². The molecule has 0 aliphatic carbocycles. The molecule has 11 nitrogen and oxygen atoms in total. The fourth-order valence-corrected chi connectivity index (χ4v) is 9.07. The summed E-state index contributed by atoms with van der Waals surface area (Å²) in [5.41, 5.74) is 3.27. The van der Waals surface area contributed by atoms with E-state index in [2.05, 4.69) is 41.7 Å². The minimum absolute atomic E-state index is 0.0335. The highest BCUT2D eigenvalue weighted by molar-refractivity contribution is 7.90. The van der Waals surface area contributed by atoms with Gasteiger partial charge in [-0.3, -0.25) is 4.79 Å². The van der Waals surface area contributed by atoms with E-state index in [1.807, 2.05) is 22.1 Å². The second-order valence-electron chi connectivity index (χ2n) is 14.0. The fraction of sp³-hybridized carbons (Fsp3) is 0.556. The zero-order valence-corrected chi connectivity index (χ0v) is 29.8. The molecule has 0 spiro atoms. The van der Waals surface area contributed by atoms with Crippen LogP contribution in [0.4, 0.5) is 27.7 Å². The monoisotopic (exact) mass is 693 g/mol. The number of aromatic nitrogens is 3. The van der Waals surface area contributed by atoms with Crippen LogP contribution in [0.5, 0.6) is 0 Å². The number of carbonyl (C=O) groups is 1. The first-order valence-corrected chi connectivity index (χ1v) is 19.4. The Bertz CT molecular complexity index is 1810. The number of nitrogens with zero attached hydrogens (tertiary/aromatic N) is 6. The van der Waals surface area contributed by atoms with Crippen LogP contribution in [-0.4, -0.2) is 98.3 Å². The lowest BCUT2D eigenvalue weighted by atomic mass is 9.86. The summed E-state index contributed by atoms with van der Waals surface area (Å²) >= 11 is 0. The topological polar surface area (TPSA) is 121 Å². The Hall–Kier alpha value is -3.84. The Balaban J connectivity index is 1.41. The van der Waals surface area contributed by atoms with Gasteiger partial charge in [-0.25, -0.2) is 22.8 Å². The molecule has 6 rings (SSSR count). The van der Waals surface area contributed by atoms with Crippen molar-refractivity contribution in [3.05, 3.63) is 54.4 Å². The summed E-state index contributed by atoms with van der Waals surface area (Å²) in [7, 11) is -1.59. The number of methoxy groups -OCH3 is 1. The summed E-state index contributed by atoms with van der Waals surface area (Å²) in [5.74, 6) is 1.84. The molecule has 3 aliphatic rings. The first-order valence-electron chi connectivity index (χ1n) is 17.3. The number of hydrogen-bond donors (Lipinski definition) is 1. The first kappa shape index (κ1) is 35.0. The largest absolute Gasteiger partial charge is 0.378 e. The third-order valence-corrected chi connectivity index (χ3v) is 11.2. The number of likely N-dealkylation sites (tertiary alicyclic amines) is 1. The van der Waals surface area contributed by atoms with Gasteiger partial charge in [-0.05, 0) is 84.7 Å². The van der Waals surface area contributed by atoms with Gasteiger partial charge >= 0.3 is 0 Å². The van der Waals surface area contributed by atoms with E-state index in [4.69, 9.17) is 14.7 Å². The number of piperidine rings is 2. The molecule has 49 heavy (non-hydrogen) atoms. The van der Waals surface area contributed by atoms with Crippen LogP contribution in [0.2, 0.25) is 0 Å². The summed E-state index contributed by atoms with van der Waals surface area (Å²) in [5, 5.41) is 5.37. The zero-order valence-electron chi connectivity index (χ0n) is 28.9. The number of nitrogens with one attached hydrogen (secondary N) is 1. The highest BCUT2D eigenvalue weighted by Gasteiger charge is 2.34. The van der Waals surface area contributed by atoms with Crippen molar-refractivity contribution < 1.29 is 22.3 Å². The molecule has 1 N–H and O–H groups in total. The van der Waals surface area contributed by atoms with Crippen LogP contribution >= 0.6 is 0 Å². The van der Waals surface area contributed by atoms with E-state index in [0.717, 1.165) is 59.8 Å². The molecule has 2 aromatic heterocycles. The molecule has 13 heteroatoms. The Labute approximate surface area is 288 Å². The number of rotatable bonds is 10. The number of fused-ring (bicyclic) bond motifs is 1. The third-order valence-electron chi connectivity index (χ3n) is 10.1. The van der Waals surface area contributed by atoms with Gasteiger partial charge in [0.25, 0.3) is 0 Å². The van der Waals surface area contributed by atoms with Crippen molar-refractivity contribution in [2.45, 2.75) is 70.2 Å². The molecule has 264 valence electrons. The average molecular weight is 694 g/mol. The Morgan fingerprint density at radius 3 is 2.59 bits per heavy atom. The summed E-state index contributed by atoms with van der Waals surface area (Å²) in [6, 6.07) is 5.95. The second-order valence-corrected chi connectivity index (χ2v) is 16.2. The Morgan fingerprint density at radius 1 is 1.08 bits per heavy atom. The third kappa shape index (κ3) is 7.67. The van der Waals surface area contributed by atoms with Crippen LogP contribution in [-0.2, 0) is 19.4 Å². The number of hydrogen-bond acceptors (Lipinski definition) is 10. The number of amides is 1. The normalized spacial score (nSPS) is 23.3. The minimum atomic E-state index is -3.12. The van der Waals surface area contributed by atoms with Gasteiger partial charge in [-0.15, -0.1) is 0 Å². The number of anilines is 4. The SMILES string of the molecule is C=CC(=O)N1CCC[C@@H]1c1cc(N2CCC[C@H](CS(C)(=O)=O)C2)c2cnc(Nc3ccnc(N4CC[C@@H](OC)[C@@H](F)C4)n3)cc2c1C(C)C. The van der Waals surface area contributed by atoms with E-state index in [1.165, 1.54) is 19.4 Å². The molecular weight excluding hydrogens is 646 g/mol. The highest BCUT2D eigenvalue weighted by Crippen LogP contribution is 2.44. The maximum atomic E-state index is 14.7. The molecule has 3 aromatic rings. The highest BCUT2D eigenvalue weighted by atomic mass is 32.2. The van der Waals surface area contributed by atoms with Gasteiger partial charge in [-0.1, -0.05) is 20.4 Å². The minimum Gasteiger partial charge on any atom is -0.378 e. The van der Waals surface area contributed by atoms with E-state index < -0.39 is 22.1 Å². The van der Waals surface area contributed by atoms with Crippen molar-refractivity contribution >= 4 is 49.8 Å². The van der Waals surface area contributed by atoms with Crippen molar-refractivity contribution in [2.24, 2.45) is 5.92 Å². The van der Waals surface area contributed by atoms with Crippen LogP contribution < -0.4 is 15.1 Å². The predicted molar refractivity (Wildman–Crippen MR) is 192 cm³/mol. The average Bonchev–Trinajstić information content (AvgIpc) is 3.56. The lowest BCUT2D eigenvalue weighted by molar-refractivity contribution is -0.126. The fourth-order valence-electron chi connectivity index (χ4n) is 7.94. The van der Waals surface area contributed by atoms with Crippen molar-refractivity contribution in [3.8, 4) is 0 Å². The summed E-state index contributed by atoms with van der Waals surface area (Å²) < 4.78 is 44.5. The van der Waals surface area contributed by atoms with Crippen LogP contribution in [0.1, 0.15) is 69.0 Å². The molecule has 1 aromatic carbocycles. The smallest absolute Gasteiger partial charge is 0.246 e. The number of ether oxygens (including phenoxy) is 1. The van der Waals surface area contributed by atoms with E-state index in [-0.39, 0.29) is 36.1 Å². The van der Waals surface area contributed by atoms with Crippen molar-refractivity contribution in [1.82, 2.24) is 19.9 Å². The Kier molecular flexibility index (Phi) is 10.4. The van der Waals surface area contributed by atoms with Crippen LogP contribution in [0.3, 0.4) is 0 Å². The zero-order chi connectivity index (χ0) is 34.9. The number of sulfone groups is 1. The molecular formula is C36H48FN7O4S. The predicted octanol–water partition coefficient (Wildman–Crippen LogP) is 5.57. The van der Waals surface area contributed by atoms with E-state index in [9.17, 15) is 17.6 Å². The quantitative estimate of drug-likeness (QED) is 0.270. The van der Waals surface area contributed by atoms with Crippen LogP contribution in [0.25, 0.3) is 10.8 Å². The second kappa shape index (κ2) is 14.6. The number of benzene rings is 1. The molecule has 3 saturated heterocycles. The number of carbonyl (C=O) groups excluding carboxylic acids is 1. The molecule has 1 amide bonds. The lowest BCUT2D eigenvalue weighted by Crippen LogP contribution is -2.46. The van der Waals surface area contributed by atoms with Gasteiger partial charge in [0, 0.05) is 63.0 Å². The van der Waals surface area contributed by atoms with Gasteiger partial charge in [0.05, 0.1) is 24.4 Å². The Morgan fingerprint density at radius 2 is 1.88 bits per heavy atom. The van der Waals surface area contributed by atoms with E-state index in [0.29, 0.717) is 43.6 Å². The summed E-state index contributed by atoms with van der Waals surface area (Å²) in [4.78, 5) is 33.1. The van der Waals surface area contributed by atoms with E-state index >= 15 is 0 Å². The van der Waals surface area contributed by atoms with Gasteiger partial charge in [-0.2, -0.15) is 4.98 Å². The van der Waals surface area contributed by atoms with Gasteiger partial charge in [0.1, 0.15) is 27.6 Å². The summed E-state index contributed by atoms with van der Waals surface area (Å²) in [6.07, 6.45) is 8.76. The molecule has 0 bridgehead atoms. The molecule has 0 radical (unpaired) electrons. The molecule has 3 fully saturated rings. The molecule has 5 heterocycles. The van der Waals surface area contributed by atoms with Crippen LogP contribution in [0, 0.1) is 5.92 Å². The van der Waals surface area contributed by atoms with Gasteiger partial charge in [0.2, 0.25) is 11.9 Å². The maximum Gasteiger partial charge on any atom is 0.246 e. The van der Waals surface area contributed by atoms with Crippen molar-refractivity contribution in [1.29, 1.82) is 0 Å². The standard InChI is InChI=1S/C36H48FN7O4S/c1-6-34(45)44-15-8-10-29(44)26-17-30(42-14-7-9-24(20-42)22-49(5,46)47)27-19-39-33(18-25(27)35(26)23(2)3)40-32-11-13-38-36(41-32)43-16-12-31(48-4)28(37)21-43/h6,11,13,17-19,23-24,28-29,31H,1,7-10,12,14-16,20-22H2,2-5H3,(H,38,39,40,41)/t24-,28-,29+,31+/m0/s1. The van der Waals surface area contributed by atoms with Gasteiger partial charge < -0.3 is 24.8 Å². The lowest BCUT2D eigenvalue weighted by Gasteiger charge is -2.37. The first-order chi connectivity index (χ1) is 23.5.